The van der Waals surface area contributed by atoms with E-state index in [-0.39, 0.29) is 32.1 Å². The van der Waals surface area contributed by atoms with Crippen molar-refractivity contribution in [3.63, 3.8) is 0 Å². The Balaban J connectivity index is 1.52. The molecule has 0 aromatic heterocycles. The summed E-state index contributed by atoms with van der Waals surface area (Å²) in [7, 11) is 0. The van der Waals surface area contributed by atoms with Crippen molar-refractivity contribution in [2.24, 2.45) is 0 Å². The van der Waals surface area contributed by atoms with Crippen molar-refractivity contribution in [3.05, 3.63) is 68.6 Å². The Hall–Kier alpha value is -0.610. The first-order valence-corrected chi connectivity index (χ1v) is 15.9. The molecule has 2 fully saturated rings. The van der Waals surface area contributed by atoms with Crippen LogP contribution in [0.3, 0.4) is 0 Å². The summed E-state index contributed by atoms with van der Waals surface area (Å²) in [5.74, 6) is 1.62. The molecule has 2 heterocycles. The standard InChI is InChI=1S/C26H24Cl4N2O2S3/c1-13(25(33)19-11-31-7-9-35-19)15-3-5-17(23(29)21(15)27)37-18-6-4-16(22(28)24(18)30)14(2)26(34)20-12-32-8-10-36-20/h3-6,19-20,31-32H,1-2,7-12H2. The summed E-state index contributed by atoms with van der Waals surface area (Å²) in [4.78, 5) is 27.1. The van der Waals surface area contributed by atoms with E-state index in [4.69, 9.17) is 46.4 Å². The molecule has 0 aliphatic carbocycles. The van der Waals surface area contributed by atoms with Gasteiger partial charge in [-0.25, -0.2) is 0 Å². The average molecular weight is 635 g/mol. The van der Waals surface area contributed by atoms with E-state index < -0.39 is 0 Å². The van der Waals surface area contributed by atoms with Crippen LogP contribution in [0.5, 0.6) is 0 Å². The van der Waals surface area contributed by atoms with E-state index in [0.717, 1.165) is 24.6 Å². The van der Waals surface area contributed by atoms with Gasteiger partial charge in [-0.2, -0.15) is 0 Å². The highest BCUT2D eigenvalue weighted by molar-refractivity contribution is 8.01. The minimum Gasteiger partial charge on any atom is -0.314 e. The fourth-order valence-electron chi connectivity index (χ4n) is 3.93. The SMILES string of the molecule is C=C(C(=O)C1CNCCS1)c1ccc(Sc2ccc(C(=C)C(=O)C3CNCCS3)c(Cl)c2Cl)c(Cl)c1Cl. The van der Waals surface area contributed by atoms with Crippen LogP contribution >= 0.6 is 81.7 Å². The molecule has 2 atom stereocenters. The molecule has 0 radical (unpaired) electrons. The molecule has 2 aromatic rings. The van der Waals surface area contributed by atoms with Gasteiger partial charge in [-0.1, -0.05) is 83.5 Å². The van der Waals surface area contributed by atoms with E-state index in [1.165, 1.54) is 11.8 Å². The van der Waals surface area contributed by atoms with Gasteiger partial charge >= 0.3 is 0 Å². The van der Waals surface area contributed by atoms with Crippen molar-refractivity contribution in [1.29, 1.82) is 0 Å². The third kappa shape index (κ3) is 6.59. The molecule has 2 aliphatic heterocycles. The second-order valence-corrected chi connectivity index (χ2v) is 13.6. The van der Waals surface area contributed by atoms with Gasteiger partial charge in [-0.05, 0) is 12.1 Å². The lowest BCUT2D eigenvalue weighted by molar-refractivity contribution is -0.114. The van der Waals surface area contributed by atoms with E-state index in [0.29, 0.717) is 55.2 Å². The van der Waals surface area contributed by atoms with Crippen LogP contribution < -0.4 is 10.6 Å². The minimum atomic E-state index is -0.195. The number of hydrogen-bond donors (Lipinski definition) is 2. The predicted molar refractivity (Wildman–Crippen MR) is 163 cm³/mol. The monoisotopic (exact) mass is 632 g/mol. The van der Waals surface area contributed by atoms with Crippen LogP contribution in [0, 0.1) is 0 Å². The maximum Gasteiger partial charge on any atom is 0.177 e. The zero-order chi connectivity index (χ0) is 26.7. The largest absolute Gasteiger partial charge is 0.314 e. The molecule has 2 N–H and O–H groups in total. The van der Waals surface area contributed by atoms with E-state index in [1.807, 2.05) is 0 Å². The van der Waals surface area contributed by atoms with Gasteiger partial charge in [0, 0.05) is 69.7 Å². The number of halogens is 4. The van der Waals surface area contributed by atoms with E-state index in [1.54, 1.807) is 47.8 Å². The first-order chi connectivity index (χ1) is 17.7. The summed E-state index contributed by atoms with van der Waals surface area (Å²) in [5.41, 5.74) is 1.70. The summed E-state index contributed by atoms with van der Waals surface area (Å²) in [6, 6.07) is 7.07. The Labute approximate surface area is 249 Å². The van der Waals surface area contributed by atoms with Crippen LogP contribution in [0.15, 0.2) is 47.2 Å². The van der Waals surface area contributed by atoms with Crippen molar-refractivity contribution in [1.82, 2.24) is 10.6 Å². The maximum atomic E-state index is 12.9. The highest BCUT2D eigenvalue weighted by atomic mass is 35.5. The number of carbonyl (C=O) groups excluding carboxylic acids is 2. The summed E-state index contributed by atoms with van der Waals surface area (Å²) in [5, 5.41) is 7.18. The van der Waals surface area contributed by atoms with Crippen LogP contribution in [0.2, 0.25) is 20.1 Å². The molecule has 2 saturated heterocycles. The lowest BCUT2D eigenvalue weighted by Gasteiger charge is -2.23. The van der Waals surface area contributed by atoms with E-state index in [2.05, 4.69) is 23.8 Å². The second-order valence-electron chi connectivity index (χ2n) is 8.39. The van der Waals surface area contributed by atoms with Gasteiger partial charge in [-0.15, -0.1) is 23.5 Å². The number of carbonyl (C=O) groups is 2. The zero-order valence-electron chi connectivity index (χ0n) is 19.7. The molecule has 0 amide bonds. The Morgan fingerprint density at radius 2 is 1.14 bits per heavy atom. The topological polar surface area (TPSA) is 58.2 Å². The molecule has 37 heavy (non-hydrogen) atoms. The number of ketones is 2. The fourth-order valence-corrected chi connectivity index (χ4v) is 8.20. The first-order valence-electron chi connectivity index (χ1n) is 11.5. The summed E-state index contributed by atoms with van der Waals surface area (Å²) >= 11 is 30.9. The number of Topliss-reactive ketones (excluding diaryl/α,β-unsaturated/α-hetero) is 2. The predicted octanol–water partition coefficient (Wildman–Crippen LogP) is 7.03. The third-order valence-corrected chi connectivity index (χ3v) is 11.6. The number of thioether (sulfide) groups is 2. The van der Waals surface area contributed by atoms with Crippen molar-refractivity contribution in [3.8, 4) is 0 Å². The van der Waals surface area contributed by atoms with Crippen molar-refractivity contribution in [2.45, 2.75) is 20.3 Å². The minimum absolute atomic E-state index is 0.0573. The van der Waals surface area contributed by atoms with E-state index >= 15 is 0 Å². The average Bonchev–Trinajstić information content (AvgIpc) is 2.93. The molecule has 196 valence electrons. The highest BCUT2D eigenvalue weighted by Gasteiger charge is 2.28. The number of allylic oxidation sites excluding steroid dienone is 2. The zero-order valence-corrected chi connectivity index (χ0v) is 25.1. The van der Waals surface area contributed by atoms with Crippen molar-refractivity contribution < 1.29 is 9.59 Å². The molecular formula is C26H24Cl4N2O2S3. The summed E-state index contributed by atoms with van der Waals surface area (Å²) in [6.45, 7) is 11.0. The Morgan fingerprint density at radius 1 is 0.730 bits per heavy atom. The van der Waals surface area contributed by atoms with Gasteiger partial charge < -0.3 is 10.6 Å². The molecule has 0 saturated carbocycles. The smallest absolute Gasteiger partial charge is 0.177 e. The van der Waals surface area contributed by atoms with Crippen LogP contribution in [0.1, 0.15) is 11.1 Å². The van der Waals surface area contributed by atoms with Gasteiger partial charge in [-0.3, -0.25) is 9.59 Å². The first kappa shape index (κ1) is 29.4. The molecule has 0 bridgehead atoms. The lowest BCUT2D eigenvalue weighted by atomic mass is 10.0. The molecule has 2 aromatic carbocycles. The van der Waals surface area contributed by atoms with E-state index in [9.17, 15) is 9.59 Å². The normalized spacial score (nSPS) is 19.9. The van der Waals surface area contributed by atoms with Crippen LogP contribution in [0.4, 0.5) is 0 Å². The Morgan fingerprint density at radius 3 is 1.49 bits per heavy atom. The quantitative estimate of drug-likeness (QED) is 0.303. The van der Waals surface area contributed by atoms with Gasteiger partial charge in [0.05, 0.1) is 30.6 Å². The Bertz CT molecular complexity index is 1160. The van der Waals surface area contributed by atoms with Gasteiger partial charge in [0.25, 0.3) is 0 Å². The molecule has 0 spiro atoms. The van der Waals surface area contributed by atoms with Crippen molar-refractivity contribution in [2.75, 3.05) is 37.7 Å². The second kappa shape index (κ2) is 13.2. The highest BCUT2D eigenvalue weighted by Crippen LogP contribution is 2.45. The number of rotatable bonds is 8. The maximum absolute atomic E-state index is 12.9. The molecule has 2 aliphatic rings. The lowest BCUT2D eigenvalue weighted by Crippen LogP contribution is -2.37. The number of benzene rings is 2. The Kier molecular flexibility index (Phi) is 10.4. The summed E-state index contributed by atoms with van der Waals surface area (Å²) < 4.78 is 0. The number of nitrogens with one attached hydrogen (secondary N) is 2. The fraction of sp³-hybridized carbons (Fsp3) is 0.308. The summed E-state index contributed by atoms with van der Waals surface area (Å²) in [6.07, 6.45) is 0. The molecule has 11 heteroatoms. The molecule has 4 nitrogen and oxygen atoms in total. The number of hydrogen-bond acceptors (Lipinski definition) is 7. The third-order valence-electron chi connectivity index (χ3n) is 6.00. The van der Waals surface area contributed by atoms with Crippen LogP contribution in [-0.2, 0) is 9.59 Å². The van der Waals surface area contributed by atoms with Crippen LogP contribution in [-0.4, -0.2) is 59.8 Å². The molecule has 4 rings (SSSR count). The molecule has 2 unspecified atom stereocenters. The van der Waals surface area contributed by atoms with Gasteiger partial charge in [0.2, 0.25) is 0 Å². The van der Waals surface area contributed by atoms with Gasteiger partial charge in [0.1, 0.15) is 0 Å². The van der Waals surface area contributed by atoms with Gasteiger partial charge in [0.15, 0.2) is 11.6 Å². The van der Waals surface area contributed by atoms with Crippen LogP contribution in [0.25, 0.3) is 11.1 Å². The van der Waals surface area contributed by atoms with Crippen molar-refractivity contribution >= 4 is 104 Å². The molecular weight excluding hydrogens is 610 g/mol.